The van der Waals surface area contributed by atoms with Crippen LogP contribution in [-0.4, -0.2) is 31.6 Å². The fourth-order valence-corrected chi connectivity index (χ4v) is 3.25. The molecule has 2 unspecified atom stereocenters. The maximum Gasteiger partial charge on any atom is 0.260 e. The van der Waals surface area contributed by atoms with Crippen LogP contribution in [0.25, 0.3) is 0 Å². The number of aryl methyl sites for hydroxylation is 1. The van der Waals surface area contributed by atoms with Gasteiger partial charge in [-0.05, 0) is 85.7 Å². The third-order valence-electron chi connectivity index (χ3n) is 4.01. The minimum atomic E-state index is -0.497. The second-order valence-electron chi connectivity index (χ2n) is 5.99. The van der Waals surface area contributed by atoms with E-state index in [9.17, 15) is 4.79 Å². The number of hydrogen-bond acceptors (Lipinski definition) is 3. The van der Waals surface area contributed by atoms with Crippen LogP contribution in [0.15, 0.2) is 22.7 Å². The molecule has 1 aliphatic heterocycles. The molecule has 130 valence electrons. The van der Waals surface area contributed by atoms with Gasteiger partial charge in [0.15, 0.2) is 6.10 Å². The molecule has 2 N–H and O–H groups in total. The van der Waals surface area contributed by atoms with Gasteiger partial charge in [0, 0.05) is 6.54 Å². The van der Waals surface area contributed by atoms with E-state index in [2.05, 4.69) is 26.6 Å². The Labute approximate surface area is 153 Å². The predicted octanol–water partition coefficient (Wildman–Crippen LogP) is 3.45. The summed E-state index contributed by atoms with van der Waals surface area (Å²) in [6.07, 6.45) is 3.02. The van der Waals surface area contributed by atoms with Crippen LogP contribution in [-0.2, 0) is 4.79 Å². The normalized spacial score (nSPS) is 18.7. The molecule has 0 saturated carbocycles. The molecule has 2 rings (SSSR count). The van der Waals surface area contributed by atoms with Crippen molar-refractivity contribution in [1.29, 1.82) is 0 Å². The molecule has 1 aromatic carbocycles. The lowest BCUT2D eigenvalue weighted by molar-refractivity contribution is -0.127. The topological polar surface area (TPSA) is 50.4 Å². The van der Waals surface area contributed by atoms with Crippen molar-refractivity contribution in [2.24, 2.45) is 5.92 Å². The van der Waals surface area contributed by atoms with Gasteiger partial charge in [0.25, 0.3) is 5.91 Å². The maximum atomic E-state index is 12.1. The molecule has 1 fully saturated rings. The van der Waals surface area contributed by atoms with Crippen LogP contribution < -0.4 is 15.4 Å². The summed E-state index contributed by atoms with van der Waals surface area (Å²) in [5.41, 5.74) is 1.15. The van der Waals surface area contributed by atoms with E-state index in [0.717, 1.165) is 29.5 Å². The lowest BCUT2D eigenvalue weighted by atomic mass is 9.96. The molecule has 1 aromatic rings. The average Bonchev–Trinajstić information content (AvgIpc) is 2.51. The van der Waals surface area contributed by atoms with Crippen LogP contribution in [0.5, 0.6) is 5.75 Å². The molecule has 0 aliphatic carbocycles. The van der Waals surface area contributed by atoms with E-state index in [4.69, 9.17) is 4.74 Å². The summed E-state index contributed by atoms with van der Waals surface area (Å²) in [6.45, 7) is 6.71. The number of piperidine rings is 1. The molecule has 0 aromatic heterocycles. The average molecular weight is 406 g/mol. The first-order chi connectivity index (χ1) is 10.6. The van der Waals surface area contributed by atoms with Crippen molar-refractivity contribution in [1.82, 2.24) is 10.6 Å². The Hall–Kier alpha value is -0.780. The molecule has 1 aliphatic rings. The number of benzene rings is 1. The van der Waals surface area contributed by atoms with E-state index in [0.29, 0.717) is 18.2 Å². The Kier molecular flexibility index (Phi) is 8.95. The molecule has 1 saturated heterocycles. The van der Waals surface area contributed by atoms with Crippen molar-refractivity contribution in [3.05, 3.63) is 28.2 Å². The summed E-state index contributed by atoms with van der Waals surface area (Å²) in [6, 6.07) is 5.84. The van der Waals surface area contributed by atoms with E-state index >= 15 is 0 Å². The van der Waals surface area contributed by atoms with E-state index in [1.165, 1.54) is 12.8 Å². The van der Waals surface area contributed by atoms with Gasteiger partial charge in [0.1, 0.15) is 5.75 Å². The maximum absolute atomic E-state index is 12.1. The monoisotopic (exact) mass is 404 g/mol. The molecule has 1 amide bonds. The van der Waals surface area contributed by atoms with E-state index in [-0.39, 0.29) is 18.3 Å². The van der Waals surface area contributed by atoms with E-state index < -0.39 is 6.10 Å². The molecule has 23 heavy (non-hydrogen) atoms. The number of carbonyl (C=O) groups excluding carboxylic acids is 1. The van der Waals surface area contributed by atoms with Crippen LogP contribution in [0.1, 0.15) is 31.7 Å². The molecular formula is C17H26BrClN2O2. The summed E-state index contributed by atoms with van der Waals surface area (Å²) >= 11 is 3.47. The standard InChI is InChI=1S/C17H25BrN2O2.ClH/c1-12-5-6-16(15(18)10-12)22-13(2)17(21)20-9-7-14-4-3-8-19-11-14;/h5-6,10,13-14,19H,3-4,7-9,11H2,1-2H3,(H,20,21);1H. The lowest BCUT2D eigenvalue weighted by Crippen LogP contribution is -2.38. The summed E-state index contributed by atoms with van der Waals surface area (Å²) in [5, 5.41) is 6.37. The van der Waals surface area contributed by atoms with Crippen LogP contribution in [0.3, 0.4) is 0 Å². The SMILES string of the molecule is Cc1ccc(OC(C)C(=O)NCCC2CCCNC2)c(Br)c1.Cl. The smallest absolute Gasteiger partial charge is 0.260 e. The number of halogens is 2. The summed E-state index contributed by atoms with van der Waals surface area (Å²) in [5.74, 6) is 1.32. The first-order valence-corrected chi connectivity index (χ1v) is 8.77. The van der Waals surface area contributed by atoms with Crippen molar-refractivity contribution >= 4 is 34.2 Å². The van der Waals surface area contributed by atoms with Gasteiger partial charge in [-0.15, -0.1) is 12.4 Å². The fourth-order valence-electron chi connectivity index (χ4n) is 2.66. The van der Waals surface area contributed by atoms with Crippen LogP contribution >= 0.6 is 28.3 Å². The highest BCUT2D eigenvalue weighted by atomic mass is 79.9. The predicted molar refractivity (Wildman–Crippen MR) is 99.4 cm³/mol. The Morgan fingerprint density at radius 1 is 1.52 bits per heavy atom. The van der Waals surface area contributed by atoms with Crippen LogP contribution in [0.4, 0.5) is 0 Å². The Morgan fingerprint density at radius 3 is 2.96 bits per heavy atom. The van der Waals surface area contributed by atoms with Gasteiger partial charge in [-0.3, -0.25) is 4.79 Å². The highest BCUT2D eigenvalue weighted by molar-refractivity contribution is 9.10. The van der Waals surface area contributed by atoms with Crippen molar-refractivity contribution < 1.29 is 9.53 Å². The Morgan fingerprint density at radius 2 is 2.30 bits per heavy atom. The summed E-state index contributed by atoms with van der Waals surface area (Å²) in [7, 11) is 0. The fraction of sp³-hybridized carbons (Fsp3) is 0.588. The van der Waals surface area contributed by atoms with Gasteiger partial charge in [-0.25, -0.2) is 0 Å². The zero-order valence-corrected chi connectivity index (χ0v) is 16.1. The number of carbonyl (C=O) groups is 1. The molecule has 2 atom stereocenters. The molecule has 6 heteroatoms. The first kappa shape index (κ1) is 20.3. The summed E-state index contributed by atoms with van der Waals surface area (Å²) in [4.78, 5) is 12.1. The summed E-state index contributed by atoms with van der Waals surface area (Å²) < 4.78 is 6.61. The zero-order chi connectivity index (χ0) is 15.9. The van der Waals surface area contributed by atoms with E-state index in [1.54, 1.807) is 6.92 Å². The van der Waals surface area contributed by atoms with Crippen LogP contribution in [0.2, 0.25) is 0 Å². The van der Waals surface area contributed by atoms with E-state index in [1.807, 2.05) is 25.1 Å². The van der Waals surface area contributed by atoms with Crippen molar-refractivity contribution in [3.63, 3.8) is 0 Å². The largest absolute Gasteiger partial charge is 0.480 e. The number of rotatable bonds is 6. The van der Waals surface area contributed by atoms with Gasteiger partial charge >= 0.3 is 0 Å². The third kappa shape index (κ3) is 6.69. The second kappa shape index (κ2) is 10.2. The molecule has 4 nitrogen and oxygen atoms in total. The van der Waals surface area contributed by atoms with Gasteiger partial charge < -0.3 is 15.4 Å². The van der Waals surface area contributed by atoms with Crippen LogP contribution in [0, 0.1) is 12.8 Å². The Balaban J connectivity index is 0.00000264. The number of amides is 1. The highest BCUT2D eigenvalue weighted by Gasteiger charge is 2.17. The Bertz CT molecular complexity index is 507. The minimum Gasteiger partial charge on any atom is -0.480 e. The van der Waals surface area contributed by atoms with Crippen molar-refractivity contribution in [3.8, 4) is 5.75 Å². The molecule has 1 heterocycles. The van der Waals surface area contributed by atoms with Crippen molar-refractivity contribution in [2.45, 2.75) is 39.2 Å². The molecule has 0 radical (unpaired) electrons. The molecular weight excluding hydrogens is 380 g/mol. The first-order valence-electron chi connectivity index (χ1n) is 7.97. The van der Waals surface area contributed by atoms with Crippen molar-refractivity contribution in [2.75, 3.05) is 19.6 Å². The van der Waals surface area contributed by atoms with Gasteiger partial charge in [0.05, 0.1) is 4.47 Å². The number of nitrogens with one attached hydrogen (secondary N) is 2. The lowest BCUT2D eigenvalue weighted by Gasteiger charge is -2.23. The molecule has 0 bridgehead atoms. The second-order valence-corrected chi connectivity index (χ2v) is 6.84. The highest BCUT2D eigenvalue weighted by Crippen LogP contribution is 2.26. The zero-order valence-electron chi connectivity index (χ0n) is 13.7. The third-order valence-corrected chi connectivity index (χ3v) is 4.63. The number of ether oxygens (including phenoxy) is 1. The van der Waals surface area contributed by atoms with Gasteiger partial charge in [0.2, 0.25) is 0 Å². The van der Waals surface area contributed by atoms with Gasteiger partial charge in [-0.2, -0.15) is 0 Å². The number of hydrogen-bond donors (Lipinski definition) is 2. The molecule has 0 spiro atoms. The minimum absolute atomic E-state index is 0. The van der Waals surface area contributed by atoms with Gasteiger partial charge in [-0.1, -0.05) is 6.07 Å². The quantitative estimate of drug-likeness (QED) is 0.762.